The van der Waals surface area contributed by atoms with E-state index in [-0.39, 0.29) is 17.5 Å². The number of nitrogens with zero attached hydrogens (tertiary/aromatic N) is 1. The zero-order valence-corrected chi connectivity index (χ0v) is 12.6. The minimum Gasteiger partial charge on any atom is -0.493 e. The number of ether oxygens (including phenoxy) is 1. The number of anilines is 1. The highest BCUT2D eigenvalue weighted by molar-refractivity contribution is 5.95. The van der Waals surface area contributed by atoms with E-state index in [0.29, 0.717) is 24.3 Å². The number of rotatable bonds is 4. The van der Waals surface area contributed by atoms with Crippen LogP contribution in [0, 0.1) is 10.1 Å². The van der Waals surface area contributed by atoms with Gasteiger partial charge < -0.3 is 10.1 Å². The van der Waals surface area contributed by atoms with Crippen LogP contribution >= 0.6 is 0 Å². The fraction of sp³-hybridized carbons (Fsp3) is 0.235. The highest BCUT2D eigenvalue weighted by Crippen LogP contribution is 2.36. The van der Waals surface area contributed by atoms with Crippen LogP contribution in [0.15, 0.2) is 42.5 Å². The Balaban J connectivity index is 1.95. The van der Waals surface area contributed by atoms with Crippen molar-refractivity contribution in [3.63, 3.8) is 0 Å². The maximum atomic E-state index is 11.4. The Labute approximate surface area is 133 Å². The van der Waals surface area contributed by atoms with Crippen LogP contribution in [0.2, 0.25) is 0 Å². The van der Waals surface area contributed by atoms with E-state index in [1.54, 1.807) is 12.1 Å². The lowest BCUT2D eigenvalue weighted by Gasteiger charge is -2.27. The molecule has 2 aromatic carbocycles. The van der Waals surface area contributed by atoms with E-state index < -0.39 is 4.92 Å². The molecule has 0 fully saturated rings. The van der Waals surface area contributed by atoms with E-state index in [1.807, 2.05) is 24.3 Å². The first-order valence-electron chi connectivity index (χ1n) is 7.34. The Morgan fingerprint density at radius 1 is 1.30 bits per heavy atom. The lowest BCUT2D eigenvalue weighted by atomic mass is 10.00. The molecule has 1 heterocycles. The molecule has 0 aliphatic carbocycles. The minimum absolute atomic E-state index is 0.0678. The van der Waals surface area contributed by atoms with Crippen molar-refractivity contribution in [3.05, 3.63) is 63.7 Å². The van der Waals surface area contributed by atoms with Crippen molar-refractivity contribution in [1.82, 2.24) is 0 Å². The van der Waals surface area contributed by atoms with E-state index in [4.69, 9.17) is 4.74 Å². The number of nitro benzene ring substituents is 1. The molecule has 1 aliphatic heterocycles. The molecule has 3 rings (SSSR count). The van der Waals surface area contributed by atoms with E-state index in [2.05, 4.69) is 5.32 Å². The van der Waals surface area contributed by atoms with Crippen molar-refractivity contribution in [2.75, 3.05) is 11.9 Å². The van der Waals surface area contributed by atoms with Crippen molar-refractivity contribution in [1.29, 1.82) is 0 Å². The summed E-state index contributed by atoms with van der Waals surface area (Å²) in [6.07, 6.45) is 0.711. The monoisotopic (exact) mass is 312 g/mol. The number of hydrogen-bond donors (Lipinski definition) is 1. The maximum absolute atomic E-state index is 11.4. The number of para-hydroxylation sites is 1. The fourth-order valence-electron chi connectivity index (χ4n) is 2.70. The van der Waals surface area contributed by atoms with Gasteiger partial charge in [-0.2, -0.15) is 0 Å². The van der Waals surface area contributed by atoms with E-state index in [9.17, 15) is 14.9 Å². The number of Topliss-reactive ketones (excluding diaryl/α,β-unsaturated/α-hetero) is 1. The summed E-state index contributed by atoms with van der Waals surface area (Å²) in [4.78, 5) is 22.3. The number of nitrogens with one attached hydrogen (secondary N) is 1. The zero-order chi connectivity index (χ0) is 16.4. The van der Waals surface area contributed by atoms with Crippen molar-refractivity contribution in [3.8, 4) is 5.75 Å². The van der Waals surface area contributed by atoms with Gasteiger partial charge in [-0.3, -0.25) is 14.9 Å². The molecular formula is C17H16N2O4. The second kappa shape index (κ2) is 6.08. The Morgan fingerprint density at radius 3 is 2.83 bits per heavy atom. The Morgan fingerprint density at radius 2 is 2.09 bits per heavy atom. The van der Waals surface area contributed by atoms with Gasteiger partial charge in [0.05, 0.1) is 17.6 Å². The minimum atomic E-state index is -0.472. The standard InChI is InChI=1S/C17H16N2O4/c1-11(20)12-6-7-15(16(10-12)19(21)22)18-14-8-9-23-17-5-3-2-4-13(14)17/h2-7,10,14,18H,8-9H2,1H3. The first kappa shape index (κ1) is 15.0. The molecular weight excluding hydrogens is 296 g/mol. The van der Waals surface area contributed by atoms with Crippen LogP contribution < -0.4 is 10.1 Å². The second-order valence-electron chi connectivity index (χ2n) is 5.42. The van der Waals surface area contributed by atoms with E-state index in [0.717, 1.165) is 11.3 Å². The molecule has 0 saturated carbocycles. The summed E-state index contributed by atoms with van der Waals surface area (Å²) in [5.74, 6) is 0.593. The quantitative estimate of drug-likeness (QED) is 0.528. The third kappa shape index (κ3) is 3.01. The molecule has 0 radical (unpaired) electrons. The maximum Gasteiger partial charge on any atom is 0.293 e. The lowest BCUT2D eigenvalue weighted by Crippen LogP contribution is -2.20. The summed E-state index contributed by atoms with van der Waals surface area (Å²) in [6.45, 7) is 1.94. The highest BCUT2D eigenvalue weighted by Gasteiger charge is 2.24. The van der Waals surface area contributed by atoms with Gasteiger partial charge in [0, 0.05) is 23.6 Å². The predicted octanol–water partition coefficient (Wildman–Crippen LogP) is 3.73. The molecule has 0 aromatic heterocycles. The molecule has 6 heteroatoms. The van der Waals surface area contributed by atoms with Crippen molar-refractivity contribution < 1.29 is 14.5 Å². The SMILES string of the molecule is CC(=O)c1ccc(NC2CCOc3ccccc32)c([N+](=O)[O-])c1. The first-order chi connectivity index (χ1) is 11.1. The lowest BCUT2D eigenvalue weighted by molar-refractivity contribution is -0.384. The first-order valence-corrected chi connectivity index (χ1v) is 7.34. The summed E-state index contributed by atoms with van der Waals surface area (Å²) >= 11 is 0. The van der Waals surface area contributed by atoms with Crippen LogP contribution in [0.25, 0.3) is 0 Å². The summed E-state index contributed by atoms with van der Waals surface area (Å²) in [5, 5.41) is 14.5. The number of fused-ring (bicyclic) bond motifs is 1. The number of carbonyl (C=O) groups excluding carboxylic acids is 1. The van der Waals surface area contributed by atoms with Gasteiger partial charge in [-0.25, -0.2) is 0 Å². The molecule has 1 unspecified atom stereocenters. The molecule has 0 bridgehead atoms. The van der Waals surface area contributed by atoms with Gasteiger partial charge in [-0.15, -0.1) is 0 Å². The van der Waals surface area contributed by atoms with Gasteiger partial charge in [0.15, 0.2) is 5.78 Å². The summed E-state index contributed by atoms with van der Waals surface area (Å²) in [5.41, 5.74) is 1.61. The third-order valence-electron chi connectivity index (χ3n) is 3.89. The largest absolute Gasteiger partial charge is 0.493 e. The summed E-state index contributed by atoms with van der Waals surface area (Å²) in [6, 6.07) is 12.1. The van der Waals surface area contributed by atoms with Crippen LogP contribution in [0.3, 0.4) is 0 Å². The summed E-state index contributed by atoms with van der Waals surface area (Å²) in [7, 11) is 0. The fourth-order valence-corrected chi connectivity index (χ4v) is 2.70. The molecule has 23 heavy (non-hydrogen) atoms. The normalized spacial score (nSPS) is 16.1. The average molecular weight is 312 g/mol. The molecule has 1 atom stereocenters. The number of hydrogen-bond acceptors (Lipinski definition) is 5. The van der Waals surface area contributed by atoms with Gasteiger partial charge in [-0.1, -0.05) is 18.2 Å². The van der Waals surface area contributed by atoms with Crippen LogP contribution in [0.5, 0.6) is 5.75 Å². The zero-order valence-electron chi connectivity index (χ0n) is 12.6. The second-order valence-corrected chi connectivity index (χ2v) is 5.42. The van der Waals surface area contributed by atoms with Crippen LogP contribution in [-0.4, -0.2) is 17.3 Å². The molecule has 0 spiro atoms. The molecule has 0 amide bonds. The molecule has 1 N–H and O–H groups in total. The Hall–Kier alpha value is -2.89. The number of carbonyl (C=O) groups is 1. The van der Waals surface area contributed by atoms with Crippen molar-refractivity contribution in [2.24, 2.45) is 0 Å². The Bertz CT molecular complexity index is 773. The topological polar surface area (TPSA) is 81.5 Å². The van der Waals surface area contributed by atoms with Crippen LogP contribution in [0.1, 0.15) is 35.3 Å². The van der Waals surface area contributed by atoms with Gasteiger partial charge in [0.2, 0.25) is 0 Å². The molecule has 0 saturated heterocycles. The van der Waals surface area contributed by atoms with E-state index >= 15 is 0 Å². The average Bonchev–Trinajstić information content (AvgIpc) is 2.55. The van der Waals surface area contributed by atoms with Gasteiger partial charge in [0.25, 0.3) is 5.69 Å². The van der Waals surface area contributed by atoms with Gasteiger partial charge >= 0.3 is 0 Å². The summed E-state index contributed by atoms with van der Waals surface area (Å²) < 4.78 is 5.60. The number of ketones is 1. The molecule has 1 aliphatic rings. The van der Waals surface area contributed by atoms with E-state index in [1.165, 1.54) is 13.0 Å². The Kier molecular flexibility index (Phi) is 3.97. The smallest absolute Gasteiger partial charge is 0.293 e. The number of benzene rings is 2. The molecule has 6 nitrogen and oxygen atoms in total. The van der Waals surface area contributed by atoms with Gasteiger partial charge in [0.1, 0.15) is 11.4 Å². The third-order valence-corrected chi connectivity index (χ3v) is 3.89. The highest BCUT2D eigenvalue weighted by atomic mass is 16.6. The van der Waals surface area contributed by atoms with Gasteiger partial charge in [-0.05, 0) is 25.1 Å². The van der Waals surface area contributed by atoms with Crippen molar-refractivity contribution in [2.45, 2.75) is 19.4 Å². The number of nitro groups is 1. The molecule has 2 aromatic rings. The van der Waals surface area contributed by atoms with Crippen LogP contribution in [0.4, 0.5) is 11.4 Å². The van der Waals surface area contributed by atoms with Crippen molar-refractivity contribution >= 4 is 17.2 Å². The predicted molar refractivity (Wildman–Crippen MR) is 86.0 cm³/mol. The molecule has 118 valence electrons. The van der Waals surface area contributed by atoms with Crippen LogP contribution in [-0.2, 0) is 0 Å².